The molecular formula is C20H16N6O2S. The lowest BCUT2D eigenvalue weighted by Gasteiger charge is -2.03. The van der Waals surface area contributed by atoms with E-state index >= 15 is 0 Å². The number of aromatic nitrogens is 4. The Morgan fingerprint density at radius 1 is 1.14 bits per heavy atom. The number of fused-ring (bicyclic) bond motifs is 1. The van der Waals surface area contributed by atoms with Crippen LogP contribution in [0.25, 0.3) is 11.0 Å². The van der Waals surface area contributed by atoms with Crippen LogP contribution in [0.1, 0.15) is 17.3 Å². The summed E-state index contributed by atoms with van der Waals surface area (Å²) < 4.78 is 5.59. The molecule has 0 aliphatic heterocycles. The molecule has 0 unspecified atom stereocenters. The maximum absolute atomic E-state index is 12.0. The number of rotatable bonds is 7. The van der Waals surface area contributed by atoms with Gasteiger partial charge in [-0.1, -0.05) is 23.9 Å². The van der Waals surface area contributed by atoms with Crippen molar-refractivity contribution < 1.29 is 9.21 Å². The van der Waals surface area contributed by atoms with E-state index in [0.29, 0.717) is 35.2 Å². The number of nitrogens with zero attached hydrogens (tertiary/aromatic N) is 4. The van der Waals surface area contributed by atoms with E-state index in [9.17, 15) is 4.79 Å². The quantitative estimate of drug-likeness (QED) is 0.453. The number of aryl methyl sites for hydroxylation is 2. The van der Waals surface area contributed by atoms with Crippen molar-refractivity contribution in [3.63, 3.8) is 0 Å². The second-order valence-corrected chi connectivity index (χ2v) is 7.11. The Labute approximate surface area is 170 Å². The fourth-order valence-electron chi connectivity index (χ4n) is 2.70. The number of nitriles is 1. The molecule has 0 bridgehead atoms. The Balaban J connectivity index is 1.26. The van der Waals surface area contributed by atoms with Gasteiger partial charge in [-0.25, -0.2) is 4.98 Å². The molecular weight excluding hydrogens is 388 g/mol. The topological polar surface area (TPSA) is 120 Å². The van der Waals surface area contributed by atoms with Gasteiger partial charge in [-0.2, -0.15) is 5.26 Å². The Bertz CT molecular complexity index is 1140. The summed E-state index contributed by atoms with van der Waals surface area (Å²) in [5.41, 5.74) is 3.10. The van der Waals surface area contributed by atoms with Gasteiger partial charge in [0.2, 0.25) is 11.8 Å². The molecule has 2 aromatic carbocycles. The number of anilines is 1. The summed E-state index contributed by atoms with van der Waals surface area (Å²) in [6, 6.07) is 16.6. The van der Waals surface area contributed by atoms with Crippen LogP contribution < -0.4 is 5.32 Å². The van der Waals surface area contributed by atoms with Gasteiger partial charge in [0.25, 0.3) is 5.22 Å². The van der Waals surface area contributed by atoms with Crippen LogP contribution in [0.4, 0.5) is 5.69 Å². The number of nitrogens with one attached hydrogen (secondary N) is 2. The molecule has 1 amide bonds. The molecule has 0 saturated carbocycles. The van der Waals surface area contributed by atoms with Crippen LogP contribution >= 0.6 is 11.8 Å². The average Bonchev–Trinajstić information content (AvgIpc) is 3.37. The Morgan fingerprint density at radius 2 is 1.97 bits per heavy atom. The smallest absolute Gasteiger partial charge is 0.277 e. The first-order chi connectivity index (χ1) is 14.2. The van der Waals surface area contributed by atoms with Crippen LogP contribution in [-0.2, 0) is 17.6 Å². The summed E-state index contributed by atoms with van der Waals surface area (Å²) >= 11 is 1.17. The highest BCUT2D eigenvalue weighted by Crippen LogP contribution is 2.18. The van der Waals surface area contributed by atoms with Gasteiger partial charge in [-0.3, -0.25) is 4.79 Å². The molecule has 0 spiro atoms. The first-order valence-corrected chi connectivity index (χ1v) is 9.87. The van der Waals surface area contributed by atoms with Crippen molar-refractivity contribution in [3.8, 4) is 6.07 Å². The zero-order valence-corrected chi connectivity index (χ0v) is 16.1. The highest BCUT2D eigenvalue weighted by molar-refractivity contribution is 7.99. The third kappa shape index (κ3) is 4.80. The fraction of sp³-hybridized carbons (Fsp3) is 0.150. The molecule has 2 aromatic heterocycles. The molecule has 2 N–H and O–H groups in total. The molecule has 29 heavy (non-hydrogen) atoms. The number of hydrogen-bond donors (Lipinski definition) is 2. The maximum Gasteiger partial charge on any atom is 0.277 e. The molecule has 0 atom stereocenters. The van der Waals surface area contributed by atoms with E-state index in [-0.39, 0.29) is 11.7 Å². The Kier molecular flexibility index (Phi) is 5.54. The number of amides is 1. The molecule has 144 valence electrons. The van der Waals surface area contributed by atoms with Gasteiger partial charge in [0.05, 0.1) is 28.4 Å². The van der Waals surface area contributed by atoms with Gasteiger partial charge in [-0.15, -0.1) is 10.2 Å². The van der Waals surface area contributed by atoms with E-state index in [1.165, 1.54) is 11.8 Å². The lowest BCUT2D eigenvalue weighted by atomic mass is 10.2. The monoisotopic (exact) mass is 404 g/mol. The van der Waals surface area contributed by atoms with E-state index in [4.69, 9.17) is 9.68 Å². The van der Waals surface area contributed by atoms with Crippen LogP contribution in [0, 0.1) is 11.3 Å². The number of H-pyrrole nitrogens is 1. The van der Waals surface area contributed by atoms with Crippen molar-refractivity contribution in [1.82, 2.24) is 20.2 Å². The zero-order valence-electron chi connectivity index (χ0n) is 15.3. The molecule has 0 saturated heterocycles. The number of benzene rings is 2. The minimum absolute atomic E-state index is 0.144. The first kappa shape index (κ1) is 18.7. The van der Waals surface area contributed by atoms with Crippen molar-refractivity contribution in [2.24, 2.45) is 0 Å². The third-order valence-electron chi connectivity index (χ3n) is 4.09. The summed E-state index contributed by atoms with van der Waals surface area (Å²) in [4.78, 5) is 19.8. The van der Waals surface area contributed by atoms with Gasteiger partial charge in [0.1, 0.15) is 5.82 Å². The molecule has 4 aromatic rings. The molecule has 8 nitrogen and oxygen atoms in total. The standard InChI is InChI=1S/C20H16N6O2S/c21-11-13-5-7-14(8-6-13)22-18(27)12-29-20-26-25-19(28-20)10-9-17-23-15-3-1-2-4-16(15)24-17/h1-8H,9-10,12H2,(H,22,27)(H,23,24). The largest absolute Gasteiger partial charge is 0.416 e. The van der Waals surface area contributed by atoms with Crippen LogP contribution in [0.15, 0.2) is 58.2 Å². The minimum Gasteiger partial charge on any atom is -0.416 e. The summed E-state index contributed by atoms with van der Waals surface area (Å²) in [6.07, 6.45) is 1.21. The van der Waals surface area contributed by atoms with Crippen LogP contribution in [0.2, 0.25) is 0 Å². The van der Waals surface area contributed by atoms with E-state index in [1.54, 1.807) is 24.3 Å². The normalized spacial score (nSPS) is 10.7. The highest BCUT2D eigenvalue weighted by Gasteiger charge is 2.11. The predicted molar refractivity (Wildman–Crippen MR) is 108 cm³/mol. The number of aromatic amines is 1. The Morgan fingerprint density at radius 3 is 2.76 bits per heavy atom. The summed E-state index contributed by atoms with van der Waals surface area (Å²) in [6.45, 7) is 0. The lowest BCUT2D eigenvalue weighted by Crippen LogP contribution is -2.13. The van der Waals surface area contributed by atoms with Gasteiger partial charge in [-0.05, 0) is 36.4 Å². The summed E-state index contributed by atoms with van der Waals surface area (Å²) in [7, 11) is 0. The van der Waals surface area contributed by atoms with E-state index in [1.807, 2.05) is 30.3 Å². The Hall–Kier alpha value is -3.64. The number of carbonyl (C=O) groups excluding carboxylic acids is 1. The van der Waals surface area contributed by atoms with Gasteiger partial charge < -0.3 is 14.7 Å². The van der Waals surface area contributed by atoms with E-state index < -0.39 is 0 Å². The minimum atomic E-state index is -0.193. The molecule has 0 aliphatic rings. The number of thioether (sulfide) groups is 1. The van der Waals surface area contributed by atoms with E-state index in [2.05, 4.69) is 25.5 Å². The van der Waals surface area contributed by atoms with Gasteiger partial charge >= 0.3 is 0 Å². The zero-order chi connectivity index (χ0) is 20.1. The number of carbonyl (C=O) groups is 1. The predicted octanol–water partition coefficient (Wildman–Crippen LogP) is 3.33. The molecule has 4 rings (SSSR count). The number of hydrogen-bond acceptors (Lipinski definition) is 7. The van der Waals surface area contributed by atoms with Crippen LogP contribution in [-0.4, -0.2) is 31.8 Å². The second kappa shape index (κ2) is 8.58. The van der Waals surface area contributed by atoms with Gasteiger partial charge in [0.15, 0.2) is 0 Å². The van der Waals surface area contributed by atoms with E-state index in [0.717, 1.165) is 16.9 Å². The number of imidazole rings is 1. The third-order valence-corrected chi connectivity index (χ3v) is 4.91. The van der Waals surface area contributed by atoms with Crippen LogP contribution in [0.5, 0.6) is 0 Å². The maximum atomic E-state index is 12.0. The number of para-hydroxylation sites is 2. The van der Waals surface area contributed by atoms with Crippen LogP contribution in [0.3, 0.4) is 0 Å². The van der Waals surface area contributed by atoms with Crippen molar-refractivity contribution >= 4 is 34.4 Å². The average molecular weight is 404 g/mol. The summed E-state index contributed by atoms with van der Waals surface area (Å²) in [5.74, 6) is 1.31. The molecule has 0 fully saturated rings. The molecule has 0 radical (unpaired) electrons. The molecule has 2 heterocycles. The van der Waals surface area contributed by atoms with Crippen molar-refractivity contribution in [1.29, 1.82) is 5.26 Å². The van der Waals surface area contributed by atoms with Crippen molar-refractivity contribution in [3.05, 3.63) is 65.8 Å². The highest BCUT2D eigenvalue weighted by atomic mass is 32.2. The summed E-state index contributed by atoms with van der Waals surface area (Å²) in [5, 5.41) is 19.9. The molecule has 0 aliphatic carbocycles. The fourth-order valence-corrected chi connectivity index (χ4v) is 3.28. The lowest BCUT2D eigenvalue weighted by molar-refractivity contribution is -0.113. The van der Waals surface area contributed by atoms with Crippen molar-refractivity contribution in [2.45, 2.75) is 18.1 Å². The first-order valence-electron chi connectivity index (χ1n) is 8.88. The second-order valence-electron chi connectivity index (χ2n) is 6.19. The molecule has 9 heteroatoms. The SMILES string of the molecule is N#Cc1ccc(NC(=O)CSc2nnc(CCc3nc4ccccc4[nH]3)o2)cc1. The van der Waals surface area contributed by atoms with Gasteiger partial charge in [0, 0.05) is 18.5 Å². The van der Waals surface area contributed by atoms with Crippen molar-refractivity contribution in [2.75, 3.05) is 11.1 Å².